The van der Waals surface area contributed by atoms with Crippen molar-refractivity contribution in [2.75, 3.05) is 12.3 Å². The van der Waals surface area contributed by atoms with Crippen molar-refractivity contribution in [1.82, 2.24) is 9.78 Å². The topological polar surface area (TPSA) is 70.1 Å². The van der Waals surface area contributed by atoms with Gasteiger partial charge in [0.2, 0.25) is 0 Å². The molecule has 1 aromatic carbocycles. The molecule has 124 valence electrons. The third kappa shape index (κ3) is 3.64. The van der Waals surface area contributed by atoms with Crippen LogP contribution >= 0.6 is 0 Å². The molecule has 0 bridgehead atoms. The first-order chi connectivity index (χ1) is 10.7. The molecule has 5 nitrogen and oxygen atoms in total. The van der Waals surface area contributed by atoms with Gasteiger partial charge in [0.05, 0.1) is 18.7 Å². The number of rotatable bonds is 4. The van der Waals surface area contributed by atoms with Gasteiger partial charge in [-0.15, -0.1) is 0 Å². The van der Waals surface area contributed by atoms with Crippen LogP contribution in [0.25, 0.3) is 0 Å². The highest BCUT2D eigenvalue weighted by Crippen LogP contribution is 2.29. The summed E-state index contributed by atoms with van der Waals surface area (Å²) in [7, 11) is 0. The van der Waals surface area contributed by atoms with E-state index in [1.807, 2.05) is 0 Å². The number of anilines is 1. The van der Waals surface area contributed by atoms with Gasteiger partial charge in [0.25, 0.3) is 0 Å². The normalized spacial score (nSPS) is 11.5. The smallest absolute Gasteiger partial charge is 0.416 e. The van der Waals surface area contributed by atoms with Gasteiger partial charge in [0.1, 0.15) is 5.82 Å². The Kier molecular flexibility index (Phi) is 4.63. The third-order valence-corrected chi connectivity index (χ3v) is 3.32. The van der Waals surface area contributed by atoms with E-state index in [0.717, 1.165) is 12.1 Å². The van der Waals surface area contributed by atoms with Crippen LogP contribution in [-0.4, -0.2) is 22.4 Å². The first-order valence-corrected chi connectivity index (χ1v) is 6.90. The van der Waals surface area contributed by atoms with Crippen LogP contribution in [0.1, 0.15) is 34.1 Å². The number of aromatic nitrogens is 2. The van der Waals surface area contributed by atoms with Gasteiger partial charge in [-0.05, 0) is 31.5 Å². The Labute approximate surface area is 130 Å². The Morgan fingerprint density at radius 3 is 2.43 bits per heavy atom. The molecule has 0 fully saturated rings. The number of carbonyl (C=O) groups is 1. The van der Waals surface area contributed by atoms with Gasteiger partial charge in [-0.1, -0.05) is 12.1 Å². The highest BCUT2D eigenvalue weighted by atomic mass is 19.4. The van der Waals surface area contributed by atoms with Crippen molar-refractivity contribution in [1.29, 1.82) is 0 Å². The number of nitrogen functional groups attached to an aromatic ring is 1. The lowest BCUT2D eigenvalue weighted by atomic mass is 10.1. The minimum Gasteiger partial charge on any atom is -0.461 e. The van der Waals surface area contributed by atoms with Gasteiger partial charge in [0, 0.05) is 5.56 Å². The van der Waals surface area contributed by atoms with E-state index in [0.29, 0.717) is 11.1 Å². The van der Waals surface area contributed by atoms with Crippen LogP contribution in [0.3, 0.4) is 0 Å². The lowest BCUT2D eigenvalue weighted by Crippen LogP contribution is -2.09. The fraction of sp³-hybridized carbons (Fsp3) is 0.333. The lowest BCUT2D eigenvalue weighted by Gasteiger charge is -2.08. The summed E-state index contributed by atoms with van der Waals surface area (Å²) in [5, 5.41) is 4.09. The fourth-order valence-corrected chi connectivity index (χ4v) is 2.05. The van der Waals surface area contributed by atoms with E-state index < -0.39 is 17.7 Å². The van der Waals surface area contributed by atoms with Crippen LogP contribution in [-0.2, 0) is 17.5 Å². The summed E-state index contributed by atoms with van der Waals surface area (Å²) < 4.78 is 43.9. The summed E-state index contributed by atoms with van der Waals surface area (Å²) in [5.41, 5.74) is 6.35. The predicted octanol–water partition coefficient (Wildman–Crippen LogP) is 3.02. The van der Waals surface area contributed by atoms with E-state index >= 15 is 0 Å². The highest BCUT2D eigenvalue weighted by Gasteiger charge is 2.30. The predicted molar refractivity (Wildman–Crippen MR) is 77.9 cm³/mol. The number of esters is 1. The van der Waals surface area contributed by atoms with Gasteiger partial charge in [-0.25, -0.2) is 9.48 Å². The van der Waals surface area contributed by atoms with E-state index in [1.165, 1.54) is 16.8 Å². The summed E-state index contributed by atoms with van der Waals surface area (Å²) in [5.74, 6) is -0.309. The molecule has 0 saturated heterocycles. The number of hydrogen-bond donors (Lipinski definition) is 1. The van der Waals surface area contributed by atoms with Crippen molar-refractivity contribution in [2.45, 2.75) is 26.6 Å². The molecule has 0 radical (unpaired) electrons. The van der Waals surface area contributed by atoms with Crippen molar-refractivity contribution >= 4 is 11.8 Å². The Hall–Kier alpha value is -2.51. The van der Waals surface area contributed by atoms with Gasteiger partial charge >= 0.3 is 12.1 Å². The second-order valence-electron chi connectivity index (χ2n) is 4.93. The molecule has 2 rings (SSSR count). The summed E-state index contributed by atoms with van der Waals surface area (Å²) in [6, 6.07) is 4.69. The number of alkyl halides is 3. The Balaban J connectivity index is 2.24. The molecular formula is C15H16F3N3O2. The van der Waals surface area contributed by atoms with E-state index in [2.05, 4.69) is 5.10 Å². The monoisotopic (exact) mass is 327 g/mol. The van der Waals surface area contributed by atoms with E-state index in [-0.39, 0.29) is 24.7 Å². The maximum atomic E-state index is 12.5. The molecule has 0 saturated carbocycles. The molecule has 0 aliphatic carbocycles. The fourth-order valence-electron chi connectivity index (χ4n) is 2.05. The average molecular weight is 327 g/mol. The lowest BCUT2D eigenvalue weighted by molar-refractivity contribution is -0.137. The first kappa shape index (κ1) is 16.9. The van der Waals surface area contributed by atoms with E-state index in [1.54, 1.807) is 13.8 Å². The standard InChI is InChI=1S/C15H16F3N3O2/c1-3-23-14(22)12-9(2)13(19)21(20-12)8-10-4-6-11(7-5-10)15(16,17)18/h4-7H,3,8,19H2,1-2H3. The Morgan fingerprint density at radius 2 is 1.91 bits per heavy atom. The zero-order chi connectivity index (χ0) is 17.2. The molecule has 2 aromatic rings. The second kappa shape index (κ2) is 6.31. The SMILES string of the molecule is CCOC(=O)c1nn(Cc2ccc(C(F)(F)F)cc2)c(N)c1C. The Morgan fingerprint density at radius 1 is 1.30 bits per heavy atom. The van der Waals surface area contributed by atoms with Crippen molar-refractivity contribution in [3.63, 3.8) is 0 Å². The molecule has 2 N–H and O–H groups in total. The number of nitrogens with zero attached hydrogens (tertiary/aromatic N) is 2. The van der Waals surface area contributed by atoms with Crippen molar-refractivity contribution in [3.8, 4) is 0 Å². The van der Waals surface area contributed by atoms with Crippen molar-refractivity contribution < 1.29 is 22.7 Å². The molecule has 0 unspecified atom stereocenters. The Bertz CT molecular complexity index is 706. The average Bonchev–Trinajstić information content (AvgIpc) is 2.76. The second-order valence-corrected chi connectivity index (χ2v) is 4.93. The summed E-state index contributed by atoms with van der Waals surface area (Å²) >= 11 is 0. The largest absolute Gasteiger partial charge is 0.461 e. The molecule has 8 heteroatoms. The van der Waals surface area contributed by atoms with Gasteiger partial charge < -0.3 is 10.5 Å². The van der Waals surface area contributed by atoms with E-state index in [4.69, 9.17) is 10.5 Å². The van der Waals surface area contributed by atoms with Crippen LogP contribution in [0.5, 0.6) is 0 Å². The molecule has 1 aromatic heterocycles. The molecular weight excluding hydrogens is 311 g/mol. The number of halogens is 3. The molecule has 0 aliphatic rings. The van der Waals surface area contributed by atoms with Crippen molar-refractivity contribution in [3.05, 3.63) is 46.6 Å². The van der Waals surface area contributed by atoms with Crippen molar-refractivity contribution in [2.24, 2.45) is 0 Å². The third-order valence-electron chi connectivity index (χ3n) is 3.32. The molecule has 0 spiro atoms. The molecule has 0 amide bonds. The van der Waals surface area contributed by atoms with Crippen LogP contribution in [0.4, 0.5) is 19.0 Å². The summed E-state index contributed by atoms with van der Waals surface area (Å²) in [4.78, 5) is 11.8. The quantitative estimate of drug-likeness (QED) is 0.876. The zero-order valence-corrected chi connectivity index (χ0v) is 12.6. The maximum absolute atomic E-state index is 12.5. The van der Waals surface area contributed by atoms with Crippen LogP contribution in [0.2, 0.25) is 0 Å². The maximum Gasteiger partial charge on any atom is 0.416 e. The minimum absolute atomic E-state index is 0.108. The summed E-state index contributed by atoms with van der Waals surface area (Å²) in [6.07, 6.45) is -4.38. The number of nitrogens with two attached hydrogens (primary N) is 1. The zero-order valence-electron chi connectivity index (χ0n) is 12.6. The van der Waals surface area contributed by atoms with Crippen LogP contribution in [0, 0.1) is 6.92 Å². The molecule has 1 heterocycles. The van der Waals surface area contributed by atoms with E-state index in [9.17, 15) is 18.0 Å². The molecule has 23 heavy (non-hydrogen) atoms. The van der Waals surface area contributed by atoms with Gasteiger partial charge in [-0.3, -0.25) is 0 Å². The van der Waals surface area contributed by atoms with Crippen LogP contribution in [0.15, 0.2) is 24.3 Å². The number of carbonyl (C=O) groups excluding carboxylic acids is 1. The first-order valence-electron chi connectivity index (χ1n) is 6.90. The minimum atomic E-state index is -4.38. The van der Waals surface area contributed by atoms with Crippen LogP contribution < -0.4 is 5.73 Å². The number of ether oxygens (including phenoxy) is 1. The highest BCUT2D eigenvalue weighted by molar-refractivity contribution is 5.90. The summed E-state index contributed by atoms with van der Waals surface area (Å²) in [6.45, 7) is 3.68. The van der Waals surface area contributed by atoms with Gasteiger partial charge in [-0.2, -0.15) is 18.3 Å². The molecule has 0 aliphatic heterocycles. The number of hydrogen-bond acceptors (Lipinski definition) is 4. The number of benzene rings is 1. The van der Waals surface area contributed by atoms with Gasteiger partial charge in [0.15, 0.2) is 5.69 Å². The molecule has 0 atom stereocenters.